The van der Waals surface area contributed by atoms with Crippen LogP contribution in [-0.2, 0) is 6.42 Å². The van der Waals surface area contributed by atoms with E-state index >= 15 is 0 Å². The molecule has 0 fully saturated rings. The molecule has 1 atom stereocenters. The van der Waals surface area contributed by atoms with Gasteiger partial charge in [-0.25, -0.2) is 4.39 Å². The summed E-state index contributed by atoms with van der Waals surface area (Å²) < 4.78 is 14.3. The van der Waals surface area contributed by atoms with Gasteiger partial charge in [0.2, 0.25) is 0 Å². The first kappa shape index (κ1) is 14.3. The normalized spacial score (nSPS) is 17.5. The van der Waals surface area contributed by atoms with Crippen LogP contribution >= 0.6 is 15.9 Å². The smallest absolute Gasteiger partial charge is 0.258 e. The minimum Gasteiger partial charge on any atom is -0.305 e. The number of hydrogen-bond acceptors (Lipinski definition) is 1. The third-order valence-electron chi connectivity index (χ3n) is 3.86. The number of rotatable bonds is 1. The summed E-state index contributed by atoms with van der Waals surface area (Å²) in [7, 11) is 0. The van der Waals surface area contributed by atoms with Crippen LogP contribution in [0.5, 0.6) is 0 Å². The van der Waals surface area contributed by atoms with E-state index in [1.807, 2.05) is 25.1 Å². The van der Waals surface area contributed by atoms with Crippen LogP contribution in [0.15, 0.2) is 46.9 Å². The number of fused-ring (bicyclic) bond motifs is 1. The molecular weight excluding hydrogens is 333 g/mol. The molecule has 0 spiro atoms. The highest BCUT2D eigenvalue weighted by molar-refractivity contribution is 9.10. The van der Waals surface area contributed by atoms with E-state index < -0.39 is 0 Å². The Labute approximate surface area is 131 Å². The highest BCUT2D eigenvalue weighted by atomic mass is 79.9. The Morgan fingerprint density at radius 2 is 2.10 bits per heavy atom. The highest BCUT2D eigenvalue weighted by Gasteiger charge is 2.29. The summed E-state index contributed by atoms with van der Waals surface area (Å²) in [5.41, 5.74) is 2.35. The maximum atomic E-state index is 13.4. The summed E-state index contributed by atoms with van der Waals surface area (Å²) in [4.78, 5) is 14.6. The molecule has 0 radical (unpaired) electrons. The summed E-state index contributed by atoms with van der Waals surface area (Å²) in [6.07, 6.45) is 1.65. The van der Waals surface area contributed by atoms with Crippen molar-refractivity contribution in [2.45, 2.75) is 25.8 Å². The number of aryl methyl sites for hydroxylation is 1. The van der Waals surface area contributed by atoms with Gasteiger partial charge in [-0.05, 0) is 61.7 Å². The molecular formula is C17H15BrFNO. The van der Waals surface area contributed by atoms with Gasteiger partial charge in [0.15, 0.2) is 0 Å². The lowest BCUT2D eigenvalue weighted by atomic mass is 9.95. The lowest BCUT2D eigenvalue weighted by Crippen LogP contribution is -2.42. The number of carbonyl (C=O) groups excluding carboxylic acids is 1. The summed E-state index contributed by atoms with van der Waals surface area (Å²) in [5.74, 6) is -0.297. The molecule has 1 heterocycles. The predicted octanol–water partition coefficient (Wildman–Crippen LogP) is 4.57. The van der Waals surface area contributed by atoms with E-state index in [0.29, 0.717) is 5.56 Å². The van der Waals surface area contributed by atoms with E-state index in [2.05, 4.69) is 15.9 Å². The zero-order valence-corrected chi connectivity index (χ0v) is 13.2. The Bertz CT molecular complexity index is 701. The Balaban J connectivity index is 2.03. The molecule has 2 aromatic rings. The van der Waals surface area contributed by atoms with E-state index in [-0.39, 0.29) is 17.8 Å². The average Bonchev–Trinajstić information content (AvgIpc) is 2.47. The quantitative estimate of drug-likeness (QED) is 0.739. The maximum absolute atomic E-state index is 13.4. The van der Waals surface area contributed by atoms with Gasteiger partial charge in [-0.3, -0.25) is 4.79 Å². The van der Waals surface area contributed by atoms with E-state index in [1.54, 1.807) is 17.0 Å². The zero-order valence-electron chi connectivity index (χ0n) is 11.6. The Hall–Kier alpha value is -1.68. The van der Waals surface area contributed by atoms with Gasteiger partial charge in [-0.2, -0.15) is 0 Å². The minimum atomic E-state index is -0.252. The van der Waals surface area contributed by atoms with Crippen LogP contribution in [0.4, 0.5) is 10.1 Å². The van der Waals surface area contributed by atoms with Crippen LogP contribution < -0.4 is 4.90 Å². The Morgan fingerprint density at radius 1 is 1.29 bits per heavy atom. The number of anilines is 1. The van der Waals surface area contributed by atoms with Gasteiger partial charge >= 0.3 is 0 Å². The van der Waals surface area contributed by atoms with Crippen molar-refractivity contribution in [3.05, 3.63) is 63.9 Å². The number of amides is 1. The van der Waals surface area contributed by atoms with Crippen LogP contribution in [0, 0.1) is 5.82 Å². The number of hydrogen-bond donors (Lipinski definition) is 0. The van der Waals surface area contributed by atoms with E-state index in [9.17, 15) is 9.18 Å². The number of halogens is 2. The van der Waals surface area contributed by atoms with Crippen molar-refractivity contribution >= 4 is 27.5 Å². The van der Waals surface area contributed by atoms with Gasteiger partial charge in [0.05, 0.1) is 0 Å². The van der Waals surface area contributed by atoms with Gasteiger partial charge in [0.1, 0.15) is 5.82 Å². The SMILES string of the molecule is C[C@@H]1CCc2cc(F)ccc2N1C(=O)c1cccc(Br)c1. The largest absolute Gasteiger partial charge is 0.305 e. The van der Waals surface area contributed by atoms with E-state index in [1.165, 1.54) is 12.1 Å². The molecule has 0 N–H and O–H groups in total. The first-order valence-electron chi connectivity index (χ1n) is 6.94. The summed E-state index contributed by atoms with van der Waals surface area (Å²) in [5, 5.41) is 0. The Morgan fingerprint density at radius 3 is 2.86 bits per heavy atom. The molecule has 108 valence electrons. The van der Waals surface area contributed by atoms with Crippen LogP contribution in [0.25, 0.3) is 0 Å². The average molecular weight is 348 g/mol. The molecule has 0 bridgehead atoms. The number of benzene rings is 2. The van der Waals surface area contributed by atoms with Crippen molar-refractivity contribution in [1.82, 2.24) is 0 Å². The van der Waals surface area contributed by atoms with Crippen molar-refractivity contribution in [1.29, 1.82) is 0 Å². The van der Waals surface area contributed by atoms with Crippen molar-refractivity contribution in [3.63, 3.8) is 0 Å². The standard InChI is InChI=1S/C17H15BrFNO/c1-11-5-6-12-10-15(19)7-8-16(12)20(11)17(21)13-3-2-4-14(18)9-13/h2-4,7-11H,5-6H2,1H3/t11-/m1/s1. The molecule has 2 nitrogen and oxygen atoms in total. The third-order valence-corrected chi connectivity index (χ3v) is 4.36. The molecule has 0 unspecified atom stereocenters. The van der Waals surface area contributed by atoms with Crippen molar-refractivity contribution in [2.75, 3.05) is 4.90 Å². The second kappa shape index (κ2) is 5.60. The summed E-state index contributed by atoms with van der Waals surface area (Å²) in [6.45, 7) is 2.03. The highest BCUT2D eigenvalue weighted by Crippen LogP contribution is 2.32. The van der Waals surface area contributed by atoms with Crippen LogP contribution in [0.1, 0.15) is 29.3 Å². The van der Waals surface area contributed by atoms with Crippen molar-refractivity contribution in [2.24, 2.45) is 0 Å². The second-order valence-corrected chi connectivity index (χ2v) is 6.26. The fourth-order valence-corrected chi connectivity index (χ4v) is 3.19. The number of nitrogens with zero attached hydrogens (tertiary/aromatic N) is 1. The number of carbonyl (C=O) groups is 1. The molecule has 3 rings (SSSR count). The lowest BCUT2D eigenvalue weighted by molar-refractivity contribution is 0.0975. The molecule has 21 heavy (non-hydrogen) atoms. The predicted molar refractivity (Wildman–Crippen MR) is 85.1 cm³/mol. The van der Waals surface area contributed by atoms with Gasteiger partial charge in [-0.15, -0.1) is 0 Å². The van der Waals surface area contributed by atoms with Crippen LogP contribution in [-0.4, -0.2) is 11.9 Å². The molecule has 1 amide bonds. The molecule has 0 aromatic heterocycles. The topological polar surface area (TPSA) is 20.3 Å². The molecule has 0 aliphatic carbocycles. The first-order valence-corrected chi connectivity index (χ1v) is 7.73. The second-order valence-electron chi connectivity index (χ2n) is 5.35. The van der Waals surface area contributed by atoms with Crippen molar-refractivity contribution in [3.8, 4) is 0 Å². The van der Waals surface area contributed by atoms with Crippen molar-refractivity contribution < 1.29 is 9.18 Å². The molecule has 1 aliphatic heterocycles. The molecule has 4 heteroatoms. The van der Waals surface area contributed by atoms with Gasteiger partial charge < -0.3 is 4.90 Å². The third kappa shape index (κ3) is 2.72. The molecule has 0 saturated carbocycles. The van der Waals surface area contributed by atoms with Gasteiger partial charge in [-0.1, -0.05) is 22.0 Å². The van der Waals surface area contributed by atoms with Gasteiger partial charge in [0, 0.05) is 21.8 Å². The first-order chi connectivity index (χ1) is 10.1. The zero-order chi connectivity index (χ0) is 15.0. The molecule has 2 aromatic carbocycles. The fourth-order valence-electron chi connectivity index (χ4n) is 2.79. The fraction of sp³-hybridized carbons (Fsp3) is 0.235. The summed E-state index contributed by atoms with van der Waals surface area (Å²) >= 11 is 3.39. The van der Waals surface area contributed by atoms with Gasteiger partial charge in [0.25, 0.3) is 5.91 Å². The molecule has 0 saturated heterocycles. The van der Waals surface area contributed by atoms with Crippen LogP contribution in [0.2, 0.25) is 0 Å². The molecule has 1 aliphatic rings. The van der Waals surface area contributed by atoms with Crippen LogP contribution in [0.3, 0.4) is 0 Å². The minimum absolute atomic E-state index is 0.0450. The monoisotopic (exact) mass is 347 g/mol. The summed E-state index contributed by atoms with van der Waals surface area (Å²) in [6, 6.07) is 12.1. The lowest BCUT2D eigenvalue weighted by Gasteiger charge is -2.35. The maximum Gasteiger partial charge on any atom is 0.258 e. The van der Waals surface area contributed by atoms with E-state index in [0.717, 1.165) is 28.6 Å². The Kier molecular flexibility index (Phi) is 3.81. The van der Waals surface area contributed by atoms with E-state index in [4.69, 9.17) is 0 Å².